The van der Waals surface area contributed by atoms with Crippen LogP contribution in [-0.4, -0.2) is 80.0 Å². The number of hydrogen-bond acceptors (Lipinski definition) is 7. The van der Waals surface area contributed by atoms with Gasteiger partial charge in [-0.1, -0.05) is 17.7 Å². The highest BCUT2D eigenvalue weighted by atomic mass is 35.5. The number of rotatable bonds is 7. The number of ether oxygens (including phenoxy) is 2. The van der Waals surface area contributed by atoms with Gasteiger partial charge in [0.1, 0.15) is 16.9 Å². The van der Waals surface area contributed by atoms with Crippen molar-refractivity contribution in [3.05, 3.63) is 52.8 Å². The minimum Gasteiger partial charge on any atom is -0.450 e. The minimum atomic E-state index is -0.831. The van der Waals surface area contributed by atoms with Crippen molar-refractivity contribution in [3.8, 4) is 0 Å². The number of hydrogen-bond donors (Lipinski definition) is 1. The lowest BCUT2D eigenvalue weighted by Gasteiger charge is -2.36. The fourth-order valence-electron chi connectivity index (χ4n) is 4.20. The maximum Gasteiger partial charge on any atom is 0.414 e. The molecule has 0 bridgehead atoms. The highest BCUT2D eigenvalue weighted by molar-refractivity contribution is 6.29. The van der Waals surface area contributed by atoms with Gasteiger partial charge in [0.15, 0.2) is 11.6 Å². The number of amides is 3. The second-order valence-corrected chi connectivity index (χ2v) is 8.90. The van der Waals surface area contributed by atoms with Gasteiger partial charge in [-0.05, 0) is 18.6 Å². The van der Waals surface area contributed by atoms with Crippen LogP contribution in [0.3, 0.4) is 0 Å². The number of aromatic nitrogens is 1. The first-order chi connectivity index (χ1) is 17.7. The molecule has 2 aliphatic rings. The van der Waals surface area contributed by atoms with Gasteiger partial charge in [0.05, 0.1) is 31.8 Å². The maximum absolute atomic E-state index is 15.1. The first kappa shape index (κ1) is 26.4. The summed E-state index contributed by atoms with van der Waals surface area (Å²) in [6.07, 6.45) is -0.425. The van der Waals surface area contributed by atoms with Crippen molar-refractivity contribution in [1.29, 1.82) is 0 Å². The summed E-state index contributed by atoms with van der Waals surface area (Å²) in [5.41, 5.74) is 0.516. The molecular formula is C24H26ClF2N5O5. The lowest BCUT2D eigenvalue weighted by Crippen LogP contribution is -2.49. The Bertz CT molecular complexity index is 1140. The van der Waals surface area contributed by atoms with Gasteiger partial charge in [0, 0.05) is 44.5 Å². The molecular weight excluding hydrogens is 512 g/mol. The summed E-state index contributed by atoms with van der Waals surface area (Å²) >= 11 is 5.77. The lowest BCUT2D eigenvalue weighted by atomic mass is 10.1. The first-order valence-electron chi connectivity index (χ1n) is 11.8. The Morgan fingerprint density at radius 1 is 1.19 bits per heavy atom. The third-order valence-electron chi connectivity index (χ3n) is 6.03. The van der Waals surface area contributed by atoms with E-state index in [1.165, 1.54) is 11.1 Å². The molecule has 2 saturated heterocycles. The zero-order chi connectivity index (χ0) is 26.5. The van der Waals surface area contributed by atoms with E-state index in [2.05, 4.69) is 10.3 Å². The van der Waals surface area contributed by atoms with E-state index in [9.17, 15) is 14.4 Å². The Balaban J connectivity index is 1.35. The van der Waals surface area contributed by atoms with Crippen LogP contribution in [0.15, 0.2) is 30.5 Å². The number of benzene rings is 1. The van der Waals surface area contributed by atoms with E-state index in [0.717, 1.165) is 22.6 Å². The summed E-state index contributed by atoms with van der Waals surface area (Å²) in [7, 11) is 0. The average molecular weight is 538 g/mol. The molecule has 2 fully saturated rings. The minimum absolute atomic E-state index is 0.00164. The van der Waals surface area contributed by atoms with E-state index in [1.807, 2.05) is 0 Å². The Hall–Kier alpha value is -3.67. The highest BCUT2D eigenvalue weighted by Crippen LogP contribution is 2.31. The molecule has 13 heteroatoms. The number of nitrogens with zero attached hydrogens (tertiary/aromatic N) is 4. The Morgan fingerprint density at radius 2 is 1.89 bits per heavy atom. The first-order valence-corrected chi connectivity index (χ1v) is 12.1. The van der Waals surface area contributed by atoms with Crippen molar-refractivity contribution in [2.75, 3.05) is 55.7 Å². The van der Waals surface area contributed by atoms with Crippen LogP contribution in [-0.2, 0) is 20.7 Å². The molecule has 10 nitrogen and oxygen atoms in total. The molecule has 0 aliphatic carbocycles. The van der Waals surface area contributed by atoms with Crippen molar-refractivity contribution >= 4 is 41.1 Å². The van der Waals surface area contributed by atoms with Gasteiger partial charge in [-0.25, -0.2) is 23.4 Å². The fourth-order valence-corrected chi connectivity index (χ4v) is 4.32. The van der Waals surface area contributed by atoms with Crippen LogP contribution in [0.25, 0.3) is 0 Å². The molecule has 0 saturated carbocycles. The van der Waals surface area contributed by atoms with Crippen molar-refractivity contribution in [1.82, 2.24) is 15.2 Å². The Kier molecular flexibility index (Phi) is 8.27. The van der Waals surface area contributed by atoms with Gasteiger partial charge in [-0.2, -0.15) is 0 Å². The van der Waals surface area contributed by atoms with Crippen molar-refractivity contribution in [2.45, 2.75) is 19.4 Å². The molecule has 3 heterocycles. The quantitative estimate of drug-likeness (QED) is 0.541. The smallest absolute Gasteiger partial charge is 0.414 e. The molecule has 0 spiro atoms. The molecule has 37 heavy (non-hydrogen) atoms. The fraction of sp³-hybridized carbons (Fsp3) is 0.417. The largest absolute Gasteiger partial charge is 0.450 e. The van der Waals surface area contributed by atoms with Crippen molar-refractivity contribution < 1.29 is 32.6 Å². The molecule has 4 rings (SSSR count). The van der Waals surface area contributed by atoms with Crippen LogP contribution in [0, 0.1) is 11.6 Å². The number of cyclic esters (lactones) is 1. The summed E-state index contributed by atoms with van der Waals surface area (Å²) in [4.78, 5) is 44.6. The summed E-state index contributed by atoms with van der Waals surface area (Å²) in [5.74, 6) is -1.77. The van der Waals surface area contributed by atoms with Crippen molar-refractivity contribution in [2.24, 2.45) is 0 Å². The Labute approximate surface area is 217 Å². The molecule has 1 aromatic heterocycles. The molecule has 1 atom stereocenters. The number of anilines is 2. The normalized spacial score (nSPS) is 17.6. The van der Waals surface area contributed by atoms with Gasteiger partial charge in [0.2, 0.25) is 5.91 Å². The number of carbonyl (C=O) groups excluding carboxylic acids is 3. The SMILES string of the molecule is CCOC(=O)NCC1CN(c2cc(F)c(N3CCN(C(=O)Cc4ccc(Cl)nc4)CC3)c(F)c2)C(=O)O1. The number of halogens is 3. The third kappa shape index (κ3) is 6.37. The molecule has 1 aromatic carbocycles. The zero-order valence-electron chi connectivity index (χ0n) is 20.1. The predicted octanol–water partition coefficient (Wildman–Crippen LogP) is 2.98. The van der Waals surface area contributed by atoms with Crippen LogP contribution in [0.2, 0.25) is 5.15 Å². The van der Waals surface area contributed by atoms with Crippen LogP contribution >= 0.6 is 11.6 Å². The van der Waals surface area contributed by atoms with E-state index < -0.39 is 29.9 Å². The Morgan fingerprint density at radius 3 is 2.51 bits per heavy atom. The molecule has 1 unspecified atom stereocenters. The number of piperazine rings is 1. The van der Waals surface area contributed by atoms with Crippen molar-refractivity contribution in [3.63, 3.8) is 0 Å². The number of pyridine rings is 1. The molecule has 198 valence electrons. The lowest BCUT2D eigenvalue weighted by molar-refractivity contribution is -0.130. The van der Waals surface area contributed by atoms with E-state index >= 15 is 8.78 Å². The topological polar surface area (TPSA) is 104 Å². The summed E-state index contributed by atoms with van der Waals surface area (Å²) < 4.78 is 40.0. The number of alkyl carbamates (subject to hydrolysis) is 1. The molecule has 2 aliphatic heterocycles. The van der Waals surface area contributed by atoms with Crippen LogP contribution in [0.5, 0.6) is 0 Å². The molecule has 2 aromatic rings. The number of nitrogens with one attached hydrogen (secondary N) is 1. The second-order valence-electron chi connectivity index (χ2n) is 8.51. The van der Waals surface area contributed by atoms with Gasteiger partial charge in [-0.3, -0.25) is 9.69 Å². The predicted molar refractivity (Wildman–Crippen MR) is 131 cm³/mol. The molecule has 0 radical (unpaired) electrons. The zero-order valence-corrected chi connectivity index (χ0v) is 20.8. The molecule has 1 N–H and O–H groups in total. The summed E-state index contributed by atoms with van der Waals surface area (Å²) in [6, 6.07) is 5.49. The van der Waals surface area contributed by atoms with E-state index in [4.69, 9.17) is 21.1 Å². The number of carbonyl (C=O) groups is 3. The van der Waals surface area contributed by atoms with E-state index in [-0.39, 0.29) is 56.5 Å². The van der Waals surface area contributed by atoms with E-state index in [0.29, 0.717) is 18.2 Å². The van der Waals surface area contributed by atoms with Gasteiger partial charge in [0.25, 0.3) is 0 Å². The van der Waals surface area contributed by atoms with Crippen LogP contribution in [0.1, 0.15) is 12.5 Å². The van der Waals surface area contributed by atoms with Gasteiger partial charge in [-0.15, -0.1) is 0 Å². The van der Waals surface area contributed by atoms with Crippen LogP contribution in [0.4, 0.5) is 29.7 Å². The van der Waals surface area contributed by atoms with Gasteiger partial charge >= 0.3 is 12.2 Å². The second kappa shape index (κ2) is 11.6. The third-order valence-corrected chi connectivity index (χ3v) is 6.25. The molecule has 3 amide bonds. The monoisotopic (exact) mass is 537 g/mol. The maximum atomic E-state index is 15.1. The van der Waals surface area contributed by atoms with Crippen LogP contribution < -0.4 is 15.1 Å². The summed E-state index contributed by atoms with van der Waals surface area (Å²) in [5, 5.41) is 2.80. The van der Waals surface area contributed by atoms with Gasteiger partial charge < -0.3 is 24.6 Å². The average Bonchev–Trinajstić information content (AvgIpc) is 3.25. The highest BCUT2D eigenvalue weighted by Gasteiger charge is 2.34. The standard InChI is InChI=1S/C24H26ClF2N5O5/c1-2-36-23(34)29-13-17-14-32(24(35)37-17)16-10-18(26)22(19(27)11-16)31-7-5-30(6-8-31)21(33)9-15-3-4-20(25)28-12-15/h3-4,10-12,17H,2,5-9,13-14H2,1H3,(H,29,34). The summed E-state index contributed by atoms with van der Waals surface area (Å²) in [6.45, 7) is 2.94. The van der Waals surface area contributed by atoms with E-state index in [1.54, 1.807) is 24.0 Å².